The topological polar surface area (TPSA) is 62.2 Å². The second kappa shape index (κ2) is 9.47. The zero-order valence-electron chi connectivity index (χ0n) is 19.4. The van der Waals surface area contributed by atoms with Crippen LogP contribution in [0, 0.1) is 5.92 Å². The van der Waals surface area contributed by atoms with Gasteiger partial charge >= 0.3 is 0 Å². The molecule has 3 heterocycles. The monoisotopic (exact) mass is 467 g/mol. The molecule has 0 atom stereocenters. The van der Waals surface area contributed by atoms with Crippen molar-refractivity contribution < 1.29 is 13.2 Å². The molecule has 1 saturated heterocycles. The maximum absolute atomic E-state index is 11.8. The Balaban J connectivity index is 1.03. The molecule has 176 valence electrons. The van der Waals surface area contributed by atoms with E-state index in [0.717, 1.165) is 61.9 Å². The van der Waals surface area contributed by atoms with Crippen LogP contribution in [0.2, 0.25) is 0 Å². The lowest BCUT2D eigenvalue weighted by Crippen LogP contribution is -2.38. The van der Waals surface area contributed by atoms with Crippen LogP contribution in [0.25, 0.3) is 0 Å². The number of fused-ring (bicyclic) bond motifs is 2. The van der Waals surface area contributed by atoms with Crippen molar-refractivity contribution in [1.82, 2.24) is 9.21 Å². The van der Waals surface area contributed by atoms with Crippen molar-refractivity contribution in [2.45, 2.75) is 45.1 Å². The molecule has 5 rings (SSSR count). The zero-order chi connectivity index (χ0) is 22.8. The van der Waals surface area contributed by atoms with E-state index in [1.165, 1.54) is 42.5 Å². The number of hydrogen-bond donors (Lipinski definition) is 0. The van der Waals surface area contributed by atoms with E-state index in [1.807, 2.05) is 12.1 Å². The molecule has 0 radical (unpaired) electrons. The standard InChI is InChI=1S/C26H33N3O3S/c1-33(30,31)29-15-12-21-17-24(9-8-23(21)19-29)32-16-4-5-20-10-13-28(14-11-20)26-18-22-6-2-3-7-25(22)27-26/h2-3,6-9,17,20H,4-5,10-16,18-19H2,1H3. The van der Waals surface area contributed by atoms with Crippen molar-refractivity contribution in [3.63, 3.8) is 0 Å². The molecular weight excluding hydrogens is 434 g/mol. The number of rotatable bonds is 6. The minimum Gasteiger partial charge on any atom is -0.494 e. The van der Waals surface area contributed by atoms with Crippen molar-refractivity contribution in [3.05, 3.63) is 59.2 Å². The number of nitrogens with zero attached hydrogens (tertiary/aromatic N) is 3. The molecule has 2 aromatic rings. The zero-order valence-corrected chi connectivity index (χ0v) is 20.2. The lowest BCUT2D eigenvalue weighted by atomic mass is 9.92. The van der Waals surface area contributed by atoms with Crippen molar-refractivity contribution >= 4 is 21.5 Å². The lowest BCUT2D eigenvalue weighted by Gasteiger charge is -2.33. The highest BCUT2D eigenvalue weighted by Gasteiger charge is 2.25. The average molecular weight is 468 g/mol. The van der Waals surface area contributed by atoms with Crippen LogP contribution in [-0.2, 0) is 29.4 Å². The molecule has 0 N–H and O–H groups in total. The van der Waals surface area contributed by atoms with Crippen LogP contribution in [0.15, 0.2) is 47.5 Å². The first-order valence-electron chi connectivity index (χ1n) is 12.1. The Morgan fingerprint density at radius 1 is 1.03 bits per heavy atom. The summed E-state index contributed by atoms with van der Waals surface area (Å²) in [5, 5.41) is 0. The van der Waals surface area contributed by atoms with Gasteiger partial charge in [0.15, 0.2) is 0 Å². The van der Waals surface area contributed by atoms with Crippen molar-refractivity contribution in [3.8, 4) is 5.75 Å². The van der Waals surface area contributed by atoms with Gasteiger partial charge in [0.05, 0.1) is 18.6 Å². The normalized spacial score (nSPS) is 19.2. The Hall–Kier alpha value is -2.38. The summed E-state index contributed by atoms with van der Waals surface area (Å²) in [5.74, 6) is 2.90. The van der Waals surface area contributed by atoms with Gasteiger partial charge in [0.2, 0.25) is 10.0 Å². The lowest BCUT2D eigenvalue weighted by molar-refractivity contribution is 0.231. The Kier molecular flexibility index (Phi) is 6.43. The van der Waals surface area contributed by atoms with Crippen LogP contribution >= 0.6 is 0 Å². The van der Waals surface area contributed by atoms with Crippen molar-refractivity contribution in [2.75, 3.05) is 32.5 Å². The fourth-order valence-electron chi connectivity index (χ4n) is 5.22. The molecule has 1 fully saturated rings. The van der Waals surface area contributed by atoms with E-state index < -0.39 is 10.0 Å². The number of amidine groups is 1. The number of sulfonamides is 1. The van der Waals surface area contributed by atoms with Crippen LogP contribution in [0.5, 0.6) is 5.75 Å². The van der Waals surface area contributed by atoms with Crippen molar-refractivity contribution in [1.29, 1.82) is 0 Å². The number of ether oxygens (including phenoxy) is 1. The van der Waals surface area contributed by atoms with Crippen LogP contribution < -0.4 is 4.74 Å². The molecule has 2 aromatic carbocycles. The van der Waals surface area contributed by atoms with Gasteiger partial charge in [-0.25, -0.2) is 13.4 Å². The minimum absolute atomic E-state index is 0.464. The summed E-state index contributed by atoms with van der Waals surface area (Å²) in [6, 6.07) is 14.5. The van der Waals surface area contributed by atoms with Gasteiger partial charge in [-0.05, 0) is 72.9 Å². The van der Waals surface area contributed by atoms with Gasteiger partial charge in [-0.1, -0.05) is 24.3 Å². The molecule has 0 aliphatic carbocycles. The first-order valence-corrected chi connectivity index (χ1v) is 13.9. The second-order valence-electron chi connectivity index (χ2n) is 9.53. The molecule has 0 saturated carbocycles. The fourth-order valence-corrected chi connectivity index (χ4v) is 6.02. The van der Waals surface area contributed by atoms with Gasteiger partial charge in [-0.15, -0.1) is 0 Å². The third kappa shape index (κ3) is 5.25. The highest BCUT2D eigenvalue weighted by molar-refractivity contribution is 7.88. The minimum atomic E-state index is -3.14. The number of benzene rings is 2. The summed E-state index contributed by atoms with van der Waals surface area (Å²) in [7, 11) is -3.14. The highest BCUT2D eigenvalue weighted by Crippen LogP contribution is 2.30. The van der Waals surface area contributed by atoms with E-state index in [1.54, 1.807) is 4.31 Å². The molecule has 0 aromatic heterocycles. The smallest absolute Gasteiger partial charge is 0.211 e. The van der Waals surface area contributed by atoms with E-state index in [-0.39, 0.29) is 0 Å². The fraction of sp³-hybridized carbons (Fsp3) is 0.500. The third-order valence-corrected chi connectivity index (χ3v) is 8.47. The predicted molar refractivity (Wildman–Crippen MR) is 132 cm³/mol. The summed E-state index contributed by atoms with van der Waals surface area (Å²) in [4.78, 5) is 7.32. The Morgan fingerprint density at radius 3 is 2.64 bits per heavy atom. The average Bonchev–Trinajstić information content (AvgIpc) is 3.25. The quantitative estimate of drug-likeness (QED) is 0.599. The SMILES string of the molecule is CS(=O)(=O)N1CCc2cc(OCCCC3CCN(C4=Nc5ccccc5C4)CC3)ccc2C1. The molecule has 0 spiro atoms. The van der Waals surface area contributed by atoms with Gasteiger partial charge in [0.25, 0.3) is 0 Å². The molecule has 0 bridgehead atoms. The Labute approximate surface area is 197 Å². The Bertz CT molecular complexity index is 1140. The third-order valence-electron chi connectivity index (χ3n) is 7.22. The highest BCUT2D eigenvalue weighted by atomic mass is 32.2. The summed E-state index contributed by atoms with van der Waals surface area (Å²) >= 11 is 0. The number of piperidine rings is 1. The van der Waals surface area contributed by atoms with Crippen LogP contribution in [-0.4, -0.2) is 56.0 Å². The molecular formula is C26H33N3O3S. The van der Waals surface area contributed by atoms with Gasteiger partial charge in [-0.3, -0.25) is 0 Å². The second-order valence-corrected chi connectivity index (χ2v) is 11.5. The first kappa shape index (κ1) is 22.4. The first-order chi connectivity index (χ1) is 16.0. The van der Waals surface area contributed by atoms with E-state index in [9.17, 15) is 8.42 Å². The van der Waals surface area contributed by atoms with Gasteiger partial charge in [-0.2, -0.15) is 4.31 Å². The molecule has 0 unspecified atom stereocenters. The molecule has 7 heteroatoms. The summed E-state index contributed by atoms with van der Waals surface area (Å²) < 4.78 is 31.2. The molecule has 0 amide bonds. The molecule has 6 nitrogen and oxygen atoms in total. The summed E-state index contributed by atoms with van der Waals surface area (Å²) in [6.07, 6.45) is 7.72. The van der Waals surface area contributed by atoms with Crippen molar-refractivity contribution in [2.24, 2.45) is 10.9 Å². The number of hydrogen-bond acceptors (Lipinski definition) is 5. The van der Waals surface area contributed by atoms with E-state index in [2.05, 4.69) is 35.2 Å². The van der Waals surface area contributed by atoms with E-state index >= 15 is 0 Å². The largest absolute Gasteiger partial charge is 0.494 e. The van der Waals surface area contributed by atoms with E-state index in [0.29, 0.717) is 13.1 Å². The van der Waals surface area contributed by atoms with Crippen LogP contribution in [0.3, 0.4) is 0 Å². The van der Waals surface area contributed by atoms with Gasteiger partial charge in [0.1, 0.15) is 11.6 Å². The number of para-hydroxylation sites is 1. The Morgan fingerprint density at radius 2 is 1.85 bits per heavy atom. The molecule has 3 aliphatic heterocycles. The predicted octanol–water partition coefficient (Wildman–Crippen LogP) is 4.16. The van der Waals surface area contributed by atoms with Gasteiger partial charge in [0, 0.05) is 32.6 Å². The molecule has 3 aliphatic rings. The van der Waals surface area contributed by atoms with Gasteiger partial charge < -0.3 is 9.64 Å². The molecule has 33 heavy (non-hydrogen) atoms. The maximum atomic E-state index is 11.8. The van der Waals surface area contributed by atoms with E-state index in [4.69, 9.17) is 9.73 Å². The number of aliphatic imine (C=N–C) groups is 1. The number of likely N-dealkylation sites (tertiary alicyclic amines) is 1. The van der Waals surface area contributed by atoms with Crippen LogP contribution in [0.4, 0.5) is 5.69 Å². The summed E-state index contributed by atoms with van der Waals surface area (Å²) in [6.45, 7) is 3.95. The van der Waals surface area contributed by atoms with Crippen LogP contribution in [0.1, 0.15) is 42.4 Å². The maximum Gasteiger partial charge on any atom is 0.211 e. The summed E-state index contributed by atoms with van der Waals surface area (Å²) in [5.41, 5.74) is 4.78.